The smallest absolute Gasteiger partial charge is 0.270 e. The molecule has 3 rings (SSSR count). The number of pyridine rings is 1. The van der Waals surface area contributed by atoms with E-state index in [9.17, 15) is 14.9 Å². The molecule has 0 fully saturated rings. The fourth-order valence-electron chi connectivity index (χ4n) is 2.23. The molecule has 0 aliphatic carbocycles. The molecular weight excluding hydrogens is 270 g/mol. The minimum absolute atomic E-state index is 0.0983. The fourth-order valence-corrected chi connectivity index (χ4v) is 2.23. The molecule has 0 atom stereocenters. The molecule has 1 aliphatic heterocycles. The van der Waals surface area contributed by atoms with E-state index < -0.39 is 4.92 Å². The van der Waals surface area contributed by atoms with E-state index in [-0.39, 0.29) is 11.6 Å². The highest BCUT2D eigenvalue weighted by Gasteiger charge is 2.26. The average Bonchev–Trinajstić information content (AvgIpc) is 2.75. The van der Waals surface area contributed by atoms with Crippen molar-refractivity contribution in [1.29, 1.82) is 0 Å². The number of nitrogens with zero attached hydrogens (tertiary/aromatic N) is 2. The van der Waals surface area contributed by atoms with Crippen LogP contribution in [0.5, 0.6) is 0 Å². The van der Waals surface area contributed by atoms with Gasteiger partial charge in [-0.25, -0.2) is 0 Å². The summed E-state index contributed by atoms with van der Waals surface area (Å²) in [5.41, 5.74) is 3.05. The van der Waals surface area contributed by atoms with Gasteiger partial charge in [-0.15, -0.1) is 0 Å². The average molecular weight is 281 g/mol. The molecule has 0 saturated heterocycles. The highest BCUT2D eigenvalue weighted by molar-refractivity contribution is 6.12. The highest BCUT2D eigenvalue weighted by Crippen LogP contribution is 2.29. The van der Waals surface area contributed by atoms with Gasteiger partial charge in [0.2, 0.25) is 0 Å². The van der Waals surface area contributed by atoms with Crippen molar-refractivity contribution >= 4 is 23.4 Å². The van der Waals surface area contributed by atoms with Gasteiger partial charge in [0, 0.05) is 23.4 Å². The van der Waals surface area contributed by atoms with Crippen LogP contribution in [0.4, 0.5) is 5.69 Å². The first kappa shape index (κ1) is 13.0. The molecule has 2 aromatic rings. The summed E-state index contributed by atoms with van der Waals surface area (Å²) in [7, 11) is 0. The molecule has 1 N–H and O–H groups in total. The summed E-state index contributed by atoms with van der Waals surface area (Å²) in [6.45, 7) is 1.88. The summed E-state index contributed by atoms with van der Waals surface area (Å²) in [4.78, 5) is 26.5. The van der Waals surface area contributed by atoms with Crippen molar-refractivity contribution in [2.24, 2.45) is 0 Å². The molecule has 2 heterocycles. The molecule has 1 aliphatic rings. The maximum absolute atomic E-state index is 11.9. The molecule has 0 spiro atoms. The van der Waals surface area contributed by atoms with Gasteiger partial charge < -0.3 is 5.32 Å². The molecule has 1 aromatic heterocycles. The zero-order valence-corrected chi connectivity index (χ0v) is 11.2. The summed E-state index contributed by atoms with van der Waals surface area (Å²) >= 11 is 0. The Balaban J connectivity index is 2.06. The van der Waals surface area contributed by atoms with Crippen molar-refractivity contribution in [1.82, 2.24) is 10.3 Å². The number of aryl methyl sites for hydroxylation is 1. The van der Waals surface area contributed by atoms with E-state index in [0.29, 0.717) is 16.8 Å². The fraction of sp³-hybridized carbons (Fsp3) is 0.0667. The van der Waals surface area contributed by atoms with Crippen molar-refractivity contribution in [3.63, 3.8) is 0 Å². The molecule has 1 aromatic carbocycles. The predicted octanol–water partition coefficient (Wildman–Crippen LogP) is 2.54. The van der Waals surface area contributed by atoms with Gasteiger partial charge >= 0.3 is 0 Å². The summed E-state index contributed by atoms with van der Waals surface area (Å²) in [6, 6.07) is 9.84. The van der Waals surface area contributed by atoms with Crippen LogP contribution in [0.1, 0.15) is 27.3 Å². The van der Waals surface area contributed by atoms with Crippen molar-refractivity contribution < 1.29 is 9.72 Å². The lowest BCUT2D eigenvalue weighted by molar-refractivity contribution is -0.384. The Labute approximate surface area is 120 Å². The molecule has 6 heteroatoms. The molecule has 0 radical (unpaired) electrons. The Bertz CT molecular complexity index is 797. The Kier molecular flexibility index (Phi) is 2.98. The standard InChI is InChI=1S/C15H11N3O3/c1-9-3-2-4-10(16-9)7-14-12-6-5-11(18(20)21)8-13(12)15(19)17-14/h2-8H,1H3,(H,17,19). The number of nitrogens with one attached hydrogen (secondary N) is 1. The Morgan fingerprint density at radius 3 is 2.76 bits per heavy atom. The van der Waals surface area contributed by atoms with Crippen LogP contribution in [-0.2, 0) is 0 Å². The SMILES string of the molecule is Cc1cccc(C=C2NC(=O)c3cc([N+](=O)[O-])ccc32)n1. The number of hydrogen-bond acceptors (Lipinski definition) is 4. The maximum atomic E-state index is 11.9. The third kappa shape index (κ3) is 2.38. The van der Waals surface area contributed by atoms with Crippen LogP contribution in [0.3, 0.4) is 0 Å². The normalized spacial score (nSPS) is 14.9. The zero-order chi connectivity index (χ0) is 15.0. The van der Waals surface area contributed by atoms with E-state index >= 15 is 0 Å². The van der Waals surface area contributed by atoms with Gasteiger partial charge in [-0.2, -0.15) is 0 Å². The number of non-ortho nitro benzene ring substituents is 1. The number of fused-ring (bicyclic) bond motifs is 1. The van der Waals surface area contributed by atoms with E-state index in [1.54, 1.807) is 12.1 Å². The number of benzene rings is 1. The van der Waals surface area contributed by atoms with Crippen molar-refractivity contribution in [3.05, 3.63) is 69.0 Å². The van der Waals surface area contributed by atoms with Crippen LogP contribution in [0.2, 0.25) is 0 Å². The number of rotatable bonds is 2. The van der Waals surface area contributed by atoms with Gasteiger partial charge in [-0.1, -0.05) is 6.07 Å². The largest absolute Gasteiger partial charge is 0.321 e. The first-order chi connectivity index (χ1) is 10.0. The molecule has 104 valence electrons. The summed E-state index contributed by atoms with van der Waals surface area (Å²) in [5, 5.41) is 13.5. The number of carbonyl (C=O) groups excluding carboxylic acids is 1. The van der Waals surface area contributed by atoms with Crippen LogP contribution in [-0.4, -0.2) is 15.8 Å². The van der Waals surface area contributed by atoms with Crippen LogP contribution in [0, 0.1) is 17.0 Å². The van der Waals surface area contributed by atoms with Gasteiger partial charge in [-0.05, 0) is 31.2 Å². The molecule has 1 amide bonds. The first-order valence-corrected chi connectivity index (χ1v) is 6.30. The topological polar surface area (TPSA) is 85.1 Å². The number of hydrogen-bond donors (Lipinski definition) is 1. The number of nitro benzene ring substituents is 1. The highest BCUT2D eigenvalue weighted by atomic mass is 16.6. The second-order valence-electron chi connectivity index (χ2n) is 4.70. The lowest BCUT2D eigenvalue weighted by Gasteiger charge is -2.01. The number of carbonyl (C=O) groups is 1. The van der Waals surface area contributed by atoms with Crippen molar-refractivity contribution in [2.75, 3.05) is 0 Å². The van der Waals surface area contributed by atoms with Crippen LogP contribution >= 0.6 is 0 Å². The van der Waals surface area contributed by atoms with Crippen LogP contribution < -0.4 is 5.32 Å². The van der Waals surface area contributed by atoms with E-state index in [1.807, 2.05) is 25.1 Å². The lowest BCUT2D eigenvalue weighted by Crippen LogP contribution is -2.12. The molecule has 0 saturated carbocycles. The third-order valence-corrected chi connectivity index (χ3v) is 3.20. The zero-order valence-electron chi connectivity index (χ0n) is 11.2. The Morgan fingerprint density at radius 1 is 1.24 bits per heavy atom. The van der Waals surface area contributed by atoms with Gasteiger partial charge in [0.15, 0.2) is 0 Å². The maximum Gasteiger partial charge on any atom is 0.270 e. The van der Waals surface area contributed by atoms with Gasteiger partial charge in [0.25, 0.3) is 11.6 Å². The number of nitro groups is 1. The second-order valence-corrected chi connectivity index (χ2v) is 4.70. The molecule has 6 nitrogen and oxygen atoms in total. The van der Waals surface area contributed by atoms with Crippen LogP contribution in [0.15, 0.2) is 36.4 Å². The molecule has 0 unspecified atom stereocenters. The number of aromatic nitrogens is 1. The van der Waals surface area contributed by atoms with Gasteiger partial charge in [0.1, 0.15) is 0 Å². The minimum atomic E-state index is -0.516. The van der Waals surface area contributed by atoms with Crippen molar-refractivity contribution in [2.45, 2.75) is 6.92 Å². The van der Waals surface area contributed by atoms with Gasteiger partial charge in [0.05, 0.1) is 21.9 Å². The van der Waals surface area contributed by atoms with Crippen LogP contribution in [0.25, 0.3) is 11.8 Å². The van der Waals surface area contributed by atoms with E-state index in [1.165, 1.54) is 12.1 Å². The minimum Gasteiger partial charge on any atom is -0.321 e. The second kappa shape index (κ2) is 4.82. The quantitative estimate of drug-likeness (QED) is 0.677. The van der Waals surface area contributed by atoms with E-state index in [2.05, 4.69) is 10.3 Å². The van der Waals surface area contributed by atoms with Crippen molar-refractivity contribution in [3.8, 4) is 0 Å². The monoisotopic (exact) mass is 281 g/mol. The molecule has 0 bridgehead atoms. The summed E-state index contributed by atoms with van der Waals surface area (Å²) in [6.07, 6.45) is 1.75. The molecule has 21 heavy (non-hydrogen) atoms. The summed E-state index contributed by atoms with van der Waals surface area (Å²) < 4.78 is 0. The first-order valence-electron chi connectivity index (χ1n) is 6.30. The predicted molar refractivity (Wildman–Crippen MR) is 77.4 cm³/mol. The van der Waals surface area contributed by atoms with E-state index in [4.69, 9.17) is 0 Å². The lowest BCUT2D eigenvalue weighted by atomic mass is 10.1. The third-order valence-electron chi connectivity index (χ3n) is 3.20. The van der Waals surface area contributed by atoms with Gasteiger partial charge in [-0.3, -0.25) is 19.9 Å². The van der Waals surface area contributed by atoms with E-state index in [0.717, 1.165) is 11.4 Å². The summed E-state index contributed by atoms with van der Waals surface area (Å²) in [5.74, 6) is -0.340. The molecular formula is C15H11N3O3. The number of amides is 1. The Morgan fingerprint density at radius 2 is 2.05 bits per heavy atom. The Hall–Kier alpha value is -3.02.